The molecule has 0 unspecified atom stereocenters. The fraction of sp³-hybridized carbons (Fsp3) is 1.00. The molecular weight excluding hydrogens is 162 g/mol. The number of rotatable bonds is 3. The number of hydrogen-bond acceptors (Lipinski definition) is 2. The van der Waals surface area contributed by atoms with Gasteiger partial charge in [0.25, 0.3) is 0 Å². The highest BCUT2D eigenvalue weighted by Crippen LogP contribution is 2.38. The molecule has 1 saturated carbocycles. The Morgan fingerprint density at radius 1 is 1.23 bits per heavy atom. The van der Waals surface area contributed by atoms with Crippen molar-refractivity contribution in [2.75, 3.05) is 19.6 Å². The summed E-state index contributed by atoms with van der Waals surface area (Å²) >= 11 is 0. The second kappa shape index (κ2) is 3.58. The van der Waals surface area contributed by atoms with Crippen LogP contribution in [0.5, 0.6) is 0 Å². The highest BCUT2D eigenvalue weighted by atomic mass is 16.3. The SMILES string of the molecule is CC(C)CN1CC(C2CC(O)C2)C1. The molecule has 0 atom stereocenters. The molecule has 2 rings (SSSR count). The Labute approximate surface area is 80.9 Å². The summed E-state index contributed by atoms with van der Waals surface area (Å²) < 4.78 is 0. The molecule has 2 fully saturated rings. The van der Waals surface area contributed by atoms with Crippen molar-refractivity contribution < 1.29 is 5.11 Å². The monoisotopic (exact) mass is 183 g/mol. The largest absolute Gasteiger partial charge is 0.393 e. The predicted molar refractivity (Wildman–Crippen MR) is 53.5 cm³/mol. The summed E-state index contributed by atoms with van der Waals surface area (Å²) in [5.74, 6) is 2.55. The number of aliphatic hydroxyl groups excluding tert-OH is 1. The molecule has 2 heteroatoms. The minimum atomic E-state index is 0.0316. The number of nitrogens with zero attached hydrogens (tertiary/aromatic N) is 1. The summed E-state index contributed by atoms with van der Waals surface area (Å²) in [6, 6.07) is 0. The molecule has 2 nitrogen and oxygen atoms in total. The molecule has 13 heavy (non-hydrogen) atoms. The standard InChI is InChI=1S/C11H21NO/c1-8(2)5-12-6-10(7-12)9-3-11(13)4-9/h8-11,13H,3-7H2,1-2H3. The molecule has 0 radical (unpaired) electrons. The molecule has 0 amide bonds. The van der Waals surface area contributed by atoms with E-state index >= 15 is 0 Å². The lowest BCUT2D eigenvalue weighted by molar-refractivity contribution is -0.0427. The van der Waals surface area contributed by atoms with Crippen LogP contribution in [0.4, 0.5) is 0 Å². The zero-order valence-corrected chi connectivity index (χ0v) is 8.74. The number of hydrogen-bond donors (Lipinski definition) is 1. The molecule has 0 bridgehead atoms. The first-order valence-corrected chi connectivity index (χ1v) is 5.55. The Bertz CT molecular complexity index is 169. The van der Waals surface area contributed by atoms with Gasteiger partial charge in [-0.2, -0.15) is 0 Å². The van der Waals surface area contributed by atoms with Gasteiger partial charge in [-0.3, -0.25) is 0 Å². The number of aliphatic hydroxyl groups is 1. The van der Waals surface area contributed by atoms with Gasteiger partial charge in [0.15, 0.2) is 0 Å². The minimum Gasteiger partial charge on any atom is -0.393 e. The second-order valence-electron chi connectivity index (χ2n) is 5.26. The van der Waals surface area contributed by atoms with Crippen molar-refractivity contribution in [2.24, 2.45) is 17.8 Å². The smallest absolute Gasteiger partial charge is 0.0545 e. The number of likely N-dealkylation sites (tertiary alicyclic amines) is 1. The topological polar surface area (TPSA) is 23.5 Å². The van der Waals surface area contributed by atoms with Gasteiger partial charge in [-0.05, 0) is 30.6 Å². The molecule has 2 aliphatic rings. The van der Waals surface area contributed by atoms with Gasteiger partial charge >= 0.3 is 0 Å². The van der Waals surface area contributed by atoms with E-state index in [4.69, 9.17) is 0 Å². The van der Waals surface area contributed by atoms with Crippen LogP contribution < -0.4 is 0 Å². The lowest BCUT2D eigenvalue weighted by Gasteiger charge is -2.48. The highest BCUT2D eigenvalue weighted by molar-refractivity contribution is 4.92. The summed E-state index contributed by atoms with van der Waals surface area (Å²) in [4.78, 5) is 2.54. The van der Waals surface area contributed by atoms with Crippen LogP contribution in [0.3, 0.4) is 0 Å². The van der Waals surface area contributed by atoms with Crippen molar-refractivity contribution in [1.29, 1.82) is 0 Å². The van der Waals surface area contributed by atoms with E-state index in [1.165, 1.54) is 19.6 Å². The average molecular weight is 183 g/mol. The first kappa shape index (κ1) is 9.47. The zero-order chi connectivity index (χ0) is 9.42. The van der Waals surface area contributed by atoms with Gasteiger partial charge in [-0.25, -0.2) is 0 Å². The van der Waals surface area contributed by atoms with E-state index in [1.807, 2.05) is 0 Å². The van der Waals surface area contributed by atoms with Crippen LogP contribution >= 0.6 is 0 Å². The van der Waals surface area contributed by atoms with Gasteiger partial charge < -0.3 is 10.0 Å². The average Bonchev–Trinajstić information content (AvgIpc) is 1.90. The molecule has 0 aromatic rings. The van der Waals surface area contributed by atoms with E-state index in [2.05, 4.69) is 18.7 Å². The first-order chi connectivity index (χ1) is 6.15. The van der Waals surface area contributed by atoms with Gasteiger partial charge in [0.05, 0.1) is 6.10 Å². The van der Waals surface area contributed by atoms with Crippen LogP contribution in [0.25, 0.3) is 0 Å². The molecule has 0 aromatic carbocycles. The summed E-state index contributed by atoms with van der Waals surface area (Å²) in [5.41, 5.74) is 0. The molecule has 1 aliphatic heterocycles. The highest BCUT2D eigenvalue weighted by Gasteiger charge is 2.39. The van der Waals surface area contributed by atoms with E-state index < -0.39 is 0 Å². The lowest BCUT2D eigenvalue weighted by atomic mass is 9.71. The Morgan fingerprint density at radius 3 is 2.31 bits per heavy atom. The summed E-state index contributed by atoms with van der Waals surface area (Å²) in [6.07, 6.45) is 2.17. The van der Waals surface area contributed by atoms with Crippen LogP contribution in [0, 0.1) is 17.8 Å². The molecule has 0 spiro atoms. The molecule has 1 N–H and O–H groups in total. The van der Waals surface area contributed by atoms with Crippen molar-refractivity contribution in [3.8, 4) is 0 Å². The predicted octanol–water partition coefficient (Wildman–Crippen LogP) is 1.35. The summed E-state index contributed by atoms with van der Waals surface area (Å²) in [7, 11) is 0. The van der Waals surface area contributed by atoms with Crippen molar-refractivity contribution in [1.82, 2.24) is 4.90 Å². The maximum absolute atomic E-state index is 9.18. The summed E-state index contributed by atoms with van der Waals surface area (Å²) in [5, 5.41) is 9.18. The van der Waals surface area contributed by atoms with Gasteiger partial charge in [0, 0.05) is 19.6 Å². The van der Waals surface area contributed by atoms with E-state index in [1.54, 1.807) is 0 Å². The van der Waals surface area contributed by atoms with Gasteiger partial charge in [-0.15, -0.1) is 0 Å². The fourth-order valence-electron chi connectivity index (χ4n) is 2.59. The van der Waals surface area contributed by atoms with E-state index in [0.29, 0.717) is 0 Å². The van der Waals surface area contributed by atoms with Crippen molar-refractivity contribution >= 4 is 0 Å². The normalized spacial score (nSPS) is 36.0. The molecular formula is C11H21NO. The lowest BCUT2D eigenvalue weighted by Crippen LogP contribution is -2.54. The van der Waals surface area contributed by atoms with Crippen molar-refractivity contribution in [3.63, 3.8) is 0 Å². The Balaban J connectivity index is 1.62. The maximum atomic E-state index is 9.18. The first-order valence-electron chi connectivity index (χ1n) is 5.55. The van der Waals surface area contributed by atoms with Crippen LogP contribution in [0.15, 0.2) is 0 Å². The second-order valence-corrected chi connectivity index (χ2v) is 5.26. The zero-order valence-electron chi connectivity index (χ0n) is 8.74. The van der Waals surface area contributed by atoms with Gasteiger partial charge in [0.1, 0.15) is 0 Å². The fourth-order valence-corrected chi connectivity index (χ4v) is 2.59. The Hall–Kier alpha value is -0.0800. The van der Waals surface area contributed by atoms with Crippen molar-refractivity contribution in [3.05, 3.63) is 0 Å². The third-order valence-corrected chi connectivity index (χ3v) is 3.43. The molecule has 1 aliphatic carbocycles. The Morgan fingerprint density at radius 2 is 1.85 bits per heavy atom. The summed E-state index contributed by atoms with van der Waals surface area (Å²) in [6.45, 7) is 8.39. The van der Waals surface area contributed by atoms with Gasteiger partial charge in [-0.1, -0.05) is 13.8 Å². The third kappa shape index (κ3) is 2.05. The minimum absolute atomic E-state index is 0.0316. The van der Waals surface area contributed by atoms with Crippen LogP contribution in [0.2, 0.25) is 0 Å². The van der Waals surface area contributed by atoms with Crippen LogP contribution in [0.1, 0.15) is 26.7 Å². The van der Waals surface area contributed by atoms with Crippen LogP contribution in [-0.2, 0) is 0 Å². The van der Waals surface area contributed by atoms with E-state index in [0.717, 1.165) is 30.6 Å². The maximum Gasteiger partial charge on any atom is 0.0545 e. The molecule has 1 saturated heterocycles. The van der Waals surface area contributed by atoms with E-state index in [-0.39, 0.29) is 6.10 Å². The molecule has 76 valence electrons. The van der Waals surface area contributed by atoms with Crippen molar-refractivity contribution in [2.45, 2.75) is 32.8 Å². The Kier molecular flexibility index (Phi) is 2.61. The van der Waals surface area contributed by atoms with E-state index in [9.17, 15) is 5.11 Å². The molecule has 1 heterocycles. The van der Waals surface area contributed by atoms with Crippen LogP contribution in [-0.4, -0.2) is 35.7 Å². The van der Waals surface area contributed by atoms with Gasteiger partial charge in [0.2, 0.25) is 0 Å². The molecule has 0 aromatic heterocycles. The quantitative estimate of drug-likeness (QED) is 0.714. The third-order valence-electron chi connectivity index (χ3n) is 3.43.